The predicted octanol–water partition coefficient (Wildman–Crippen LogP) is 4.85. The van der Waals surface area contributed by atoms with Gasteiger partial charge in [0, 0.05) is 23.9 Å². The Labute approximate surface area is 182 Å². The number of halogens is 2. The van der Waals surface area contributed by atoms with Gasteiger partial charge in [0.05, 0.1) is 11.9 Å². The summed E-state index contributed by atoms with van der Waals surface area (Å²) in [4.78, 5) is 28.4. The lowest BCUT2D eigenvalue weighted by Crippen LogP contribution is -2.13. The van der Waals surface area contributed by atoms with Crippen molar-refractivity contribution in [3.05, 3.63) is 77.6 Å². The molecule has 0 aliphatic rings. The number of carbonyl (C=O) groups excluding carboxylic acids is 2. The van der Waals surface area contributed by atoms with E-state index in [1.54, 1.807) is 36.4 Å². The molecule has 2 amide bonds. The fraction of sp³-hybridized carbons (Fsp3) is 0.130. The summed E-state index contributed by atoms with van der Waals surface area (Å²) in [6.07, 6.45) is -1.59. The molecular weight excluding hydrogens is 416 g/mol. The van der Waals surface area contributed by atoms with Crippen LogP contribution in [-0.4, -0.2) is 26.4 Å². The van der Waals surface area contributed by atoms with E-state index in [0.717, 1.165) is 10.1 Å². The van der Waals surface area contributed by atoms with Gasteiger partial charge in [-0.1, -0.05) is 29.8 Å². The van der Waals surface area contributed by atoms with E-state index >= 15 is 0 Å². The van der Waals surface area contributed by atoms with Crippen LogP contribution in [0.2, 0.25) is 0 Å². The van der Waals surface area contributed by atoms with Gasteiger partial charge in [0.15, 0.2) is 5.65 Å². The van der Waals surface area contributed by atoms with Crippen LogP contribution in [-0.2, 0) is 4.79 Å². The Morgan fingerprint density at radius 3 is 2.19 bits per heavy atom. The van der Waals surface area contributed by atoms with Gasteiger partial charge in [-0.2, -0.15) is 5.10 Å². The molecule has 0 unspecified atom stereocenters. The van der Waals surface area contributed by atoms with Crippen molar-refractivity contribution in [2.45, 2.75) is 20.3 Å². The molecular formula is C23H19F2N5O2. The Balaban J connectivity index is 1.70. The van der Waals surface area contributed by atoms with Crippen LogP contribution in [0.3, 0.4) is 0 Å². The molecule has 0 saturated carbocycles. The van der Waals surface area contributed by atoms with Gasteiger partial charge in [-0.05, 0) is 37.3 Å². The standard InChI is InChI=1S/C23H19F2N5O2/c1-13-3-5-15(6-4-13)19-11-20(21(24)25)30-22(29-19)18(12-26-30)23(32)28-17-9-7-16(8-10-17)27-14(2)31/h3-12,21H,1-2H3,(H,27,31)(H,28,32). The summed E-state index contributed by atoms with van der Waals surface area (Å²) in [5.41, 5.74) is 2.78. The highest BCUT2D eigenvalue weighted by molar-refractivity contribution is 6.08. The second-order valence-electron chi connectivity index (χ2n) is 7.24. The van der Waals surface area contributed by atoms with E-state index in [4.69, 9.17) is 0 Å². The molecule has 2 aromatic heterocycles. The number of carbonyl (C=O) groups is 2. The summed E-state index contributed by atoms with van der Waals surface area (Å²) in [5, 5.41) is 9.30. The number of aromatic nitrogens is 3. The molecule has 2 N–H and O–H groups in total. The van der Waals surface area contributed by atoms with Crippen molar-refractivity contribution in [2.24, 2.45) is 0 Å². The van der Waals surface area contributed by atoms with Crippen LogP contribution in [0.1, 0.15) is 35.0 Å². The SMILES string of the molecule is CC(=O)Nc1ccc(NC(=O)c2cnn3c(C(F)F)cc(-c4ccc(C)cc4)nc23)cc1. The first-order valence-corrected chi connectivity index (χ1v) is 9.74. The number of fused-ring (bicyclic) bond motifs is 1. The number of alkyl halides is 2. The first kappa shape index (κ1) is 21.1. The normalized spacial score (nSPS) is 11.0. The van der Waals surface area contributed by atoms with E-state index in [2.05, 4.69) is 20.7 Å². The van der Waals surface area contributed by atoms with E-state index in [1.807, 2.05) is 19.1 Å². The predicted molar refractivity (Wildman–Crippen MR) is 117 cm³/mol. The monoisotopic (exact) mass is 435 g/mol. The van der Waals surface area contributed by atoms with E-state index in [0.29, 0.717) is 22.6 Å². The zero-order valence-corrected chi connectivity index (χ0v) is 17.3. The van der Waals surface area contributed by atoms with E-state index in [9.17, 15) is 18.4 Å². The average molecular weight is 435 g/mol. The first-order valence-electron chi connectivity index (χ1n) is 9.74. The molecule has 2 aromatic carbocycles. The number of nitrogens with one attached hydrogen (secondary N) is 2. The molecule has 7 nitrogen and oxygen atoms in total. The van der Waals surface area contributed by atoms with E-state index < -0.39 is 12.3 Å². The molecule has 0 atom stereocenters. The highest BCUT2D eigenvalue weighted by Crippen LogP contribution is 2.27. The highest BCUT2D eigenvalue weighted by Gasteiger charge is 2.21. The van der Waals surface area contributed by atoms with Crippen LogP contribution in [0, 0.1) is 6.92 Å². The molecule has 9 heteroatoms. The zero-order valence-electron chi connectivity index (χ0n) is 17.3. The van der Waals surface area contributed by atoms with Crippen LogP contribution < -0.4 is 10.6 Å². The van der Waals surface area contributed by atoms with E-state index in [1.165, 1.54) is 19.2 Å². The average Bonchev–Trinajstić information content (AvgIpc) is 3.18. The first-order chi connectivity index (χ1) is 15.3. The zero-order chi connectivity index (χ0) is 22.8. The van der Waals surface area contributed by atoms with Gasteiger partial charge in [0.25, 0.3) is 12.3 Å². The van der Waals surface area contributed by atoms with Crippen molar-refractivity contribution in [2.75, 3.05) is 10.6 Å². The minimum Gasteiger partial charge on any atom is -0.326 e. The molecule has 0 aliphatic heterocycles. The second kappa shape index (κ2) is 8.54. The minimum absolute atomic E-state index is 0.0331. The number of aryl methyl sites for hydroxylation is 1. The second-order valence-corrected chi connectivity index (χ2v) is 7.24. The summed E-state index contributed by atoms with van der Waals surface area (Å²) in [5.74, 6) is -0.750. The van der Waals surface area contributed by atoms with Crippen LogP contribution in [0.25, 0.3) is 16.9 Å². The van der Waals surface area contributed by atoms with Crippen LogP contribution >= 0.6 is 0 Å². The van der Waals surface area contributed by atoms with Gasteiger partial charge < -0.3 is 10.6 Å². The summed E-state index contributed by atoms with van der Waals surface area (Å²) in [6, 6.07) is 15.1. The summed E-state index contributed by atoms with van der Waals surface area (Å²) in [6.45, 7) is 3.32. The number of benzene rings is 2. The van der Waals surface area contributed by atoms with Crippen molar-refractivity contribution < 1.29 is 18.4 Å². The maximum absolute atomic E-state index is 13.7. The third kappa shape index (κ3) is 4.31. The lowest BCUT2D eigenvalue weighted by Gasteiger charge is -2.09. The van der Waals surface area contributed by atoms with Crippen LogP contribution in [0.4, 0.5) is 20.2 Å². The van der Waals surface area contributed by atoms with E-state index in [-0.39, 0.29) is 22.8 Å². The van der Waals surface area contributed by atoms with Crippen LogP contribution in [0.15, 0.2) is 60.8 Å². The molecule has 2 heterocycles. The number of hydrogen-bond donors (Lipinski definition) is 2. The molecule has 0 spiro atoms. The van der Waals surface area contributed by atoms with Gasteiger partial charge in [-0.3, -0.25) is 9.59 Å². The topological polar surface area (TPSA) is 88.4 Å². The Kier molecular flexibility index (Phi) is 5.63. The quantitative estimate of drug-likeness (QED) is 0.469. The third-order valence-electron chi connectivity index (χ3n) is 4.78. The summed E-state index contributed by atoms with van der Waals surface area (Å²) in [7, 11) is 0. The number of anilines is 2. The molecule has 0 saturated heterocycles. The minimum atomic E-state index is -2.80. The lowest BCUT2D eigenvalue weighted by atomic mass is 10.1. The number of hydrogen-bond acceptors (Lipinski definition) is 4. The molecule has 0 fully saturated rings. The summed E-state index contributed by atoms with van der Waals surface area (Å²) >= 11 is 0. The van der Waals surface area contributed by atoms with Gasteiger partial charge in [-0.15, -0.1) is 0 Å². The van der Waals surface area contributed by atoms with Gasteiger partial charge in [-0.25, -0.2) is 18.3 Å². The fourth-order valence-corrected chi connectivity index (χ4v) is 3.21. The Hall–Kier alpha value is -4.14. The fourth-order valence-electron chi connectivity index (χ4n) is 3.21. The Morgan fingerprint density at radius 1 is 0.969 bits per heavy atom. The smallest absolute Gasteiger partial charge is 0.280 e. The third-order valence-corrected chi connectivity index (χ3v) is 4.78. The van der Waals surface area contributed by atoms with Crippen molar-refractivity contribution in [3.63, 3.8) is 0 Å². The van der Waals surface area contributed by atoms with Crippen molar-refractivity contribution in [3.8, 4) is 11.3 Å². The highest BCUT2D eigenvalue weighted by atomic mass is 19.3. The molecule has 0 radical (unpaired) electrons. The lowest BCUT2D eigenvalue weighted by molar-refractivity contribution is -0.114. The maximum Gasteiger partial charge on any atom is 0.280 e. The Bertz CT molecular complexity index is 1300. The maximum atomic E-state index is 13.7. The molecule has 4 rings (SSSR count). The van der Waals surface area contributed by atoms with Crippen molar-refractivity contribution in [1.82, 2.24) is 14.6 Å². The molecule has 162 valence electrons. The van der Waals surface area contributed by atoms with Crippen molar-refractivity contribution >= 4 is 28.8 Å². The molecule has 0 aliphatic carbocycles. The number of rotatable bonds is 5. The van der Waals surface area contributed by atoms with Gasteiger partial charge in [0.2, 0.25) is 5.91 Å². The number of nitrogens with zero attached hydrogens (tertiary/aromatic N) is 3. The van der Waals surface area contributed by atoms with Crippen LogP contribution in [0.5, 0.6) is 0 Å². The number of amides is 2. The molecule has 0 bridgehead atoms. The Morgan fingerprint density at radius 2 is 1.59 bits per heavy atom. The summed E-state index contributed by atoms with van der Waals surface area (Å²) < 4.78 is 28.4. The molecule has 32 heavy (non-hydrogen) atoms. The molecule has 4 aromatic rings. The van der Waals surface area contributed by atoms with Gasteiger partial charge in [0.1, 0.15) is 11.3 Å². The largest absolute Gasteiger partial charge is 0.326 e. The van der Waals surface area contributed by atoms with Crippen molar-refractivity contribution in [1.29, 1.82) is 0 Å². The van der Waals surface area contributed by atoms with Gasteiger partial charge >= 0.3 is 0 Å².